The van der Waals surface area contributed by atoms with Crippen LogP contribution in [0.1, 0.15) is 89.7 Å². The van der Waals surface area contributed by atoms with E-state index in [0.29, 0.717) is 31.1 Å². The Bertz CT molecular complexity index is 1520. The van der Waals surface area contributed by atoms with Gasteiger partial charge in [-0.05, 0) is 79.8 Å². The first-order valence-corrected chi connectivity index (χ1v) is 16.2. The number of aliphatic hydroxyl groups excluding tert-OH is 1. The number of aliphatic carboxylic acids is 1. The number of carboxylic acid groups (broad SMARTS) is 1. The van der Waals surface area contributed by atoms with Crippen molar-refractivity contribution < 1.29 is 49.0 Å². The fourth-order valence-electron chi connectivity index (χ4n) is 9.12. The van der Waals surface area contributed by atoms with Gasteiger partial charge in [0.05, 0.1) is 11.3 Å². The number of non-ortho nitro benzene ring substituents is 1. The minimum atomic E-state index is -1.85. The number of carboxylic acids is 1. The number of hydrogen-bond donors (Lipinski definition) is 4. The zero-order chi connectivity index (χ0) is 34.3. The Labute approximate surface area is 271 Å². The van der Waals surface area contributed by atoms with Crippen molar-refractivity contribution in [2.24, 2.45) is 28.6 Å². The van der Waals surface area contributed by atoms with Crippen LogP contribution in [-0.2, 0) is 28.7 Å². The Balaban J connectivity index is 1.14. The number of hydrogen-bond acceptors (Lipinski definition) is 10. The molecule has 5 rings (SSSR count). The van der Waals surface area contributed by atoms with Gasteiger partial charge in [0.2, 0.25) is 11.7 Å². The maximum Gasteiger partial charge on any atom is 0.329 e. The van der Waals surface area contributed by atoms with Crippen LogP contribution in [0.25, 0.3) is 0 Å². The fraction of sp³-hybridized carbons (Fsp3) is 0.618. The molecule has 3 saturated carbocycles. The van der Waals surface area contributed by atoms with Crippen LogP contribution in [0.4, 0.5) is 5.69 Å². The summed E-state index contributed by atoms with van der Waals surface area (Å²) in [5.41, 5.74) is -1.63. The number of nitrogens with one attached hydrogen (secondary N) is 1. The molecule has 47 heavy (non-hydrogen) atoms. The number of rotatable bonds is 11. The molecule has 1 amide bonds. The third kappa shape index (κ3) is 6.22. The van der Waals surface area contributed by atoms with Gasteiger partial charge in [-0.15, -0.1) is 0 Å². The van der Waals surface area contributed by atoms with E-state index >= 15 is 0 Å². The van der Waals surface area contributed by atoms with Gasteiger partial charge in [-0.2, -0.15) is 0 Å². The van der Waals surface area contributed by atoms with Crippen LogP contribution in [0.2, 0.25) is 0 Å². The zero-order valence-corrected chi connectivity index (χ0v) is 26.6. The highest BCUT2D eigenvalue weighted by Crippen LogP contribution is 2.67. The number of esters is 1. The number of ether oxygens (including phenoxy) is 1. The summed E-state index contributed by atoms with van der Waals surface area (Å²) in [7, 11) is 0. The predicted octanol–water partition coefficient (Wildman–Crippen LogP) is 3.35. The Kier molecular flexibility index (Phi) is 9.44. The van der Waals surface area contributed by atoms with Gasteiger partial charge in [-0.3, -0.25) is 29.3 Å². The van der Waals surface area contributed by atoms with Crippen LogP contribution in [0.5, 0.6) is 0 Å². The number of ketones is 2. The predicted molar refractivity (Wildman–Crippen MR) is 164 cm³/mol. The number of fused-ring (bicyclic) bond motifs is 5. The summed E-state index contributed by atoms with van der Waals surface area (Å²) in [6, 6.07) is 2.86. The molecule has 0 radical (unpaired) electrons. The molecule has 3 fully saturated rings. The Morgan fingerprint density at radius 3 is 2.49 bits per heavy atom. The first-order chi connectivity index (χ1) is 22.1. The third-order valence-corrected chi connectivity index (χ3v) is 11.8. The molecule has 0 bridgehead atoms. The largest absolute Gasteiger partial charge is 0.480 e. The monoisotopic (exact) mass is 654 g/mol. The number of allylic oxidation sites excluding steroid dienone is 1. The molecule has 4 N–H and O–H groups in total. The van der Waals surface area contributed by atoms with E-state index in [0.717, 1.165) is 31.7 Å². The van der Waals surface area contributed by atoms with Gasteiger partial charge >= 0.3 is 11.9 Å². The molecule has 0 spiro atoms. The normalized spacial score (nSPS) is 32.5. The molecule has 0 aromatic heterocycles. The van der Waals surface area contributed by atoms with Crippen LogP contribution in [0.15, 0.2) is 35.9 Å². The van der Waals surface area contributed by atoms with Crippen molar-refractivity contribution in [2.45, 2.75) is 95.8 Å². The number of Topliss-reactive ketones (excluding diaryl/α,β-unsaturated/α-hetero) is 1. The Morgan fingerprint density at radius 2 is 1.79 bits per heavy atom. The average Bonchev–Trinajstić information content (AvgIpc) is 3.32. The van der Waals surface area contributed by atoms with E-state index in [9.17, 15) is 49.4 Å². The number of benzene rings is 1. The van der Waals surface area contributed by atoms with E-state index in [1.165, 1.54) is 23.8 Å². The second-order valence-corrected chi connectivity index (χ2v) is 14.1. The number of carbonyl (C=O) groups excluding carboxylic acids is 4. The molecule has 0 saturated heterocycles. The number of nitro groups is 1. The molecule has 0 aliphatic heterocycles. The standard InChI is InChI=1S/C34H42N2O11/c1-32-13-10-22(37)17-20(32)6-7-23-24(32)11-14-33(2)25(23)12-15-34(33,44)26(38)18-47-28(40)9-8-27(39)35-29(31(42)43)30(41)19-4-3-5-21(16-19)36(45)46/h3-5,16-17,23-25,29-30,41,44H,6-15,18H2,1-2H3,(H,35,39)(H,42,43)/t23-,24+,25+,29+,30-,32+,33+,34+/m1/s1. The van der Waals surface area contributed by atoms with E-state index in [-0.39, 0.29) is 34.8 Å². The summed E-state index contributed by atoms with van der Waals surface area (Å²) >= 11 is 0. The van der Waals surface area contributed by atoms with Crippen molar-refractivity contribution in [1.82, 2.24) is 5.32 Å². The summed E-state index contributed by atoms with van der Waals surface area (Å²) in [5.74, 6) is -2.97. The van der Waals surface area contributed by atoms with E-state index in [1.807, 2.05) is 13.0 Å². The smallest absolute Gasteiger partial charge is 0.329 e. The molecule has 4 aliphatic rings. The SMILES string of the molecule is C[C@]12CCC(=O)C=C1CC[C@@H]1[C@@H]2CC[C@@]2(C)[C@H]1CC[C@]2(O)C(=O)COC(=O)CCC(=O)N[C@H](C(=O)O)[C@H](O)c1cccc([N+](=O)[O-])c1. The number of nitrogens with zero attached hydrogens (tertiary/aromatic N) is 1. The van der Waals surface area contributed by atoms with Crippen LogP contribution < -0.4 is 5.32 Å². The van der Waals surface area contributed by atoms with Crippen LogP contribution >= 0.6 is 0 Å². The lowest BCUT2D eigenvalue weighted by atomic mass is 9.46. The molecule has 0 unspecified atom stereocenters. The number of amides is 1. The van der Waals surface area contributed by atoms with Crippen molar-refractivity contribution in [1.29, 1.82) is 0 Å². The summed E-state index contributed by atoms with van der Waals surface area (Å²) in [6.07, 6.45) is 4.56. The first-order valence-electron chi connectivity index (χ1n) is 16.2. The lowest BCUT2D eigenvalue weighted by Gasteiger charge is -2.58. The molecular weight excluding hydrogens is 612 g/mol. The van der Waals surface area contributed by atoms with E-state index in [2.05, 4.69) is 12.2 Å². The van der Waals surface area contributed by atoms with Crippen molar-refractivity contribution >= 4 is 35.1 Å². The molecule has 1 aromatic rings. The zero-order valence-electron chi connectivity index (χ0n) is 26.6. The molecular formula is C34H42N2O11. The topological polar surface area (TPSA) is 210 Å². The number of aliphatic hydroxyl groups is 2. The van der Waals surface area contributed by atoms with Gasteiger partial charge in [-0.25, -0.2) is 4.79 Å². The summed E-state index contributed by atoms with van der Waals surface area (Å²) in [5, 5.41) is 45.0. The van der Waals surface area contributed by atoms with Crippen molar-refractivity contribution in [2.75, 3.05) is 6.61 Å². The lowest BCUT2D eigenvalue weighted by Crippen LogP contribution is -2.58. The lowest BCUT2D eigenvalue weighted by molar-refractivity contribution is -0.385. The Hall–Kier alpha value is -3.97. The quantitative estimate of drug-likeness (QED) is 0.154. The maximum absolute atomic E-state index is 13.5. The van der Waals surface area contributed by atoms with E-state index in [1.54, 1.807) is 0 Å². The van der Waals surface area contributed by atoms with Gasteiger partial charge in [0.25, 0.3) is 5.69 Å². The van der Waals surface area contributed by atoms with Crippen molar-refractivity contribution in [3.63, 3.8) is 0 Å². The van der Waals surface area contributed by atoms with Crippen molar-refractivity contribution in [3.05, 3.63) is 51.6 Å². The third-order valence-electron chi connectivity index (χ3n) is 11.8. The highest BCUT2D eigenvalue weighted by molar-refractivity contribution is 5.92. The Morgan fingerprint density at radius 1 is 1.06 bits per heavy atom. The minimum absolute atomic E-state index is 0.0461. The summed E-state index contributed by atoms with van der Waals surface area (Å²) in [6.45, 7) is 3.56. The van der Waals surface area contributed by atoms with Gasteiger partial charge in [-0.1, -0.05) is 31.6 Å². The first kappa shape index (κ1) is 34.4. The van der Waals surface area contributed by atoms with Crippen molar-refractivity contribution in [3.8, 4) is 0 Å². The molecule has 1 aromatic carbocycles. The van der Waals surface area contributed by atoms with Crippen LogP contribution in [0.3, 0.4) is 0 Å². The second kappa shape index (κ2) is 12.9. The second-order valence-electron chi connectivity index (χ2n) is 14.1. The van der Waals surface area contributed by atoms with Crippen LogP contribution in [-0.4, -0.2) is 67.9 Å². The van der Waals surface area contributed by atoms with E-state index in [4.69, 9.17) is 4.74 Å². The van der Waals surface area contributed by atoms with Gasteiger partial charge < -0.3 is 25.4 Å². The summed E-state index contributed by atoms with van der Waals surface area (Å²) < 4.78 is 5.17. The molecule has 0 heterocycles. The van der Waals surface area contributed by atoms with Gasteiger partial charge in [0.1, 0.15) is 11.7 Å². The van der Waals surface area contributed by atoms with Gasteiger partial charge in [0.15, 0.2) is 18.4 Å². The van der Waals surface area contributed by atoms with E-state index < -0.39 is 71.2 Å². The summed E-state index contributed by atoms with van der Waals surface area (Å²) in [4.78, 5) is 72.6. The number of nitro benzene ring substituents is 1. The minimum Gasteiger partial charge on any atom is -0.480 e. The molecule has 8 atom stereocenters. The van der Waals surface area contributed by atoms with Gasteiger partial charge in [0, 0.05) is 30.4 Å². The number of carbonyl (C=O) groups is 5. The highest BCUT2D eigenvalue weighted by Gasteiger charge is 2.66. The highest BCUT2D eigenvalue weighted by atomic mass is 16.6. The van der Waals surface area contributed by atoms with Crippen LogP contribution in [0, 0.1) is 38.7 Å². The maximum atomic E-state index is 13.5. The average molecular weight is 655 g/mol. The molecule has 4 aliphatic carbocycles. The molecule has 254 valence electrons. The molecule has 13 heteroatoms. The molecule has 13 nitrogen and oxygen atoms in total. The fourth-order valence-corrected chi connectivity index (χ4v) is 9.12.